The van der Waals surface area contributed by atoms with E-state index < -0.39 is 0 Å². The molecule has 0 aliphatic heterocycles. The molecule has 0 aliphatic carbocycles. The van der Waals surface area contributed by atoms with Crippen LogP contribution in [0, 0.1) is 0 Å². The number of benzene rings is 3. The highest BCUT2D eigenvalue weighted by Crippen LogP contribution is 2.32. The Morgan fingerprint density at radius 3 is 2.42 bits per heavy atom. The van der Waals surface area contributed by atoms with Crippen LogP contribution in [0.1, 0.15) is 5.56 Å². The number of carbonyl (C=O) groups excluding carboxylic acids is 1. The van der Waals surface area contributed by atoms with Crippen molar-refractivity contribution in [3.05, 3.63) is 83.4 Å². The summed E-state index contributed by atoms with van der Waals surface area (Å²) in [4.78, 5) is 14.6. The Labute approximate surface area is 220 Å². The maximum Gasteiger partial charge on any atom is 0.232 e. The van der Waals surface area contributed by atoms with Gasteiger partial charge in [0.2, 0.25) is 5.91 Å². The summed E-state index contributed by atoms with van der Waals surface area (Å²) in [5, 5.41) is 10.0. The molecule has 0 saturated carbocycles. The van der Waals surface area contributed by atoms with Gasteiger partial charge in [0.25, 0.3) is 0 Å². The van der Waals surface area contributed by atoms with Crippen molar-refractivity contribution in [1.29, 1.82) is 0 Å². The summed E-state index contributed by atoms with van der Waals surface area (Å²) in [6.45, 7) is 0.575. The molecule has 0 atom stereocenters. The zero-order valence-electron chi connectivity index (χ0n) is 20.3. The van der Waals surface area contributed by atoms with Gasteiger partial charge in [0, 0.05) is 24.8 Å². The molecule has 0 radical (unpaired) electrons. The molecule has 1 amide bonds. The van der Waals surface area contributed by atoms with E-state index in [1.54, 1.807) is 26.2 Å². The molecular formula is C27H27ClN4O3S. The molecule has 0 fully saturated rings. The number of hydrogen-bond acceptors (Lipinski definition) is 6. The standard InChI is InChI=1S/C27H27ClN4O3S/c1-31(16-15-19-13-14-23(34-2)24(17-19)35-3)25(33)18-36-27-30-29-26(21-11-7-8-12-22(21)28)32(27)20-9-5-4-6-10-20/h4-14,17H,15-16,18H2,1-3H3. The third-order valence-electron chi connectivity index (χ3n) is 5.70. The van der Waals surface area contributed by atoms with E-state index in [-0.39, 0.29) is 11.7 Å². The van der Waals surface area contributed by atoms with Gasteiger partial charge in [0.1, 0.15) is 0 Å². The first-order valence-electron chi connectivity index (χ1n) is 11.3. The van der Waals surface area contributed by atoms with Gasteiger partial charge >= 0.3 is 0 Å². The van der Waals surface area contributed by atoms with Crippen LogP contribution >= 0.6 is 23.4 Å². The molecular weight excluding hydrogens is 496 g/mol. The van der Waals surface area contributed by atoms with E-state index in [4.69, 9.17) is 21.1 Å². The molecule has 36 heavy (non-hydrogen) atoms. The number of likely N-dealkylation sites (N-methyl/N-ethyl adjacent to an activating group) is 1. The van der Waals surface area contributed by atoms with Gasteiger partial charge in [-0.15, -0.1) is 10.2 Å². The molecule has 0 aliphatic rings. The van der Waals surface area contributed by atoms with Crippen molar-refractivity contribution in [3.63, 3.8) is 0 Å². The van der Waals surface area contributed by atoms with Gasteiger partial charge in [-0.2, -0.15) is 0 Å². The van der Waals surface area contributed by atoms with E-state index in [0.717, 1.165) is 16.8 Å². The van der Waals surface area contributed by atoms with Crippen LogP contribution in [0.2, 0.25) is 5.02 Å². The number of hydrogen-bond donors (Lipinski definition) is 0. The highest BCUT2D eigenvalue weighted by atomic mass is 35.5. The number of carbonyl (C=O) groups is 1. The van der Waals surface area contributed by atoms with Crippen LogP contribution in [0.15, 0.2) is 78.0 Å². The number of aromatic nitrogens is 3. The minimum atomic E-state index is 0.00221. The van der Waals surface area contributed by atoms with Crippen LogP contribution < -0.4 is 9.47 Å². The van der Waals surface area contributed by atoms with Crippen LogP contribution in [0.5, 0.6) is 11.5 Å². The predicted octanol–water partition coefficient (Wildman–Crippen LogP) is 5.40. The Bertz CT molecular complexity index is 1330. The number of methoxy groups -OCH3 is 2. The van der Waals surface area contributed by atoms with Gasteiger partial charge in [-0.05, 0) is 48.4 Å². The molecule has 0 spiro atoms. The number of nitrogens with zero attached hydrogens (tertiary/aromatic N) is 4. The molecule has 0 bridgehead atoms. The van der Waals surface area contributed by atoms with E-state index in [0.29, 0.717) is 40.5 Å². The van der Waals surface area contributed by atoms with Crippen LogP contribution in [-0.2, 0) is 11.2 Å². The van der Waals surface area contributed by atoms with Crippen molar-refractivity contribution in [2.75, 3.05) is 33.6 Å². The summed E-state index contributed by atoms with van der Waals surface area (Å²) in [6, 6.07) is 23.1. The number of halogens is 1. The molecule has 4 rings (SSSR count). The van der Waals surface area contributed by atoms with Crippen molar-refractivity contribution in [1.82, 2.24) is 19.7 Å². The monoisotopic (exact) mass is 522 g/mol. The Hall–Kier alpha value is -3.49. The molecule has 1 heterocycles. The Morgan fingerprint density at radius 1 is 0.972 bits per heavy atom. The maximum atomic E-state index is 12.9. The van der Waals surface area contributed by atoms with E-state index in [9.17, 15) is 4.79 Å². The van der Waals surface area contributed by atoms with Gasteiger partial charge in [-0.25, -0.2) is 0 Å². The highest BCUT2D eigenvalue weighted by Gasteiger charge is 2.19. The van der Waals surface area contributed by atoms with Crippen molar-refractivity contribution < 1.29 is 14.3 Å². The van der Waals surface area contributed by atoms with Gasteiger partial charge < -0.3 is 14.4 Å². The third kappa shape index (κ3) is 5.83. The highest BCUT2D eigenvalue weighted by molar-refractivity contribution is 7.99. The number of amides is 1. The molecule has 186 valence electrons. The molecule has 7 nitrogen and oxygen atoms in total. The SMILES string of the molecule is COc1ccc(CCN(C)C(=O)CSc2nnc(-c3ccccc3Cl)n2-c2ccccc2)cc1OC. The Balaban J connectivity index is 1.46. The van der Waals surface area contributed by atoms with Crippen LogP contribution in [0.4, 0.5) is 0 Å². The molecule has 0 unspecified atom stereocenters. The second-order valence-corrected chi connectivity index (χ2v) is 9.35. The summed E-state index contributed by atoms with van der Waals surface area (Å²) >= 11 is 7.81. The first-order chi connectivity index (χ1) is 17.5. The van der Waals surface area contributed by atoms with E-state index in [1.165, 1.54) is 11.8 Å². The minimum absolute atomic E-state index is 0.00221. The van der Waals surface area contributed by atoms with Crippen molar-refractivity contribution in [3.8, 4) is 28.6 Å². The third-order valence-corrected chi connectivity index (χ3v) is 6.94. The van der Waals surface area contributed by atoms with Crippen LogP contribution in [0.3, 0.4) is 0 Å². The number of rotatable bonds is 10. The van der Waals surface area contributed by atoms with Gasteiger partial charge in [0.05, 0.1) is 25.0 Å². The lowest BCUT2D eigenvalue weighted by molar-refractivity contribution is -0.127. The molecule has 0 N–H and O–H groups in total. The average molecular weight is 523 g/mol. The fraction of sp³-hybridized carbons (Fsp3) is 0.222. The largest absolute Gasteiger partial charge is 0.493 e. The van der Waals surface area contributed by atoms with Crippen LogP contribution in [0.25, 0.3) is 17.1 Å². The molecule has 3 aromatic carbocycles. The van der Waals surface area contributed by atoms with E-state index in [1.807, 2.05) is 77.4 Å². The molecule has 9 heteroatoms. The van der Waals surface area contributed by atoms with E-state index in [2.05, 4.69) is 10.2 Å². The topological polar surface area (TPSA) is 69.5 Å². The summed E-state index contributed by atoms with van der Waals surface area (Å²) < 4.78 is 12.6. The summed E-state index contributed by atoms with van der Waals surface area (Å²) in [5.74, 6) is 2.22. The van der Waals surface area contributed by atoms with Crippen molar-refractivity contribution in [2.45, 2.75) is 11.6 Å². The smallest absolute Gasteiger partial charge is 0.232 e. The Morgan fingerprint density at radius 2 is 1.69 bits per heavy atom. The van der Waals surface area contributed by atoms with E-state index >= 15 is 0 Å². The maximum absolute atomic E-state index is 12.9. The van der Waals surface area contributed by atoms with Gasteiger partial charge in [0.15, 0.2) is 22.5 Å². The lowest BCUT2D eigenvalue weighted by Gasteiger charge is -2.18. The summed E-state index contributed by atoms with van der Waals surface area (Å²) in [6.07, 6.45) is 0.699. The lowest BCUT2D eigenvalue weighted by atomic mass is 10.1. The zero-order valence-corrected chi connectivity index (χ0v) is 21.9. The fourth-order valence-corrected chi connectivity index (χ4v) is 4.80. The first kappa shape index (κ1) is 25.6. The zero-order chi connectivity index (χ0) is 25.5. The summed E-state index contributed by atoms with van der Waals surface area (Å²) in [5.41, 5.74) is 2.74. The first-order valence-corrected chi connectivity index (χ1v) is 12.7. The second-order valence-electron chi connectivity index (χ2n) is 8.00. The lowest BCUT2D eigenvalue weighted by Crippen LogP contribution is -2.30. The van der Waals surface area contributed by atoms with Gasteiger partial charge in [-0.3, -0.25) is 9.36 Å². The minimum Gasteiger partial charge on any atom is -0.493 e. The predicted molar refractivity (Wildman–Crippen MR) is 143 cm³/mol. The molecule has 4 aromatic rings. The number of thioether (sulfide) groups is 1. The Kier molecular flexibility index (Phi) is 8.51. The fourth-order valence-electron chi connectivity index (χ4n) is 3.68. The normalized spacial score (nSPS) is 10.8. The number of para-hydroxylation sites is 1. The summed E-state index contributed by atoms with van der Waals surface area (Å²) in [7, 11) is 5.03. The second kappa shape index (κ2) is 12.0. The van der Waals surface area contributed by atoms with Crippen molar-refractivity contribution >= 4 is 29.3 Å². The number of ether oxygens (including phenoxy) is 2. The average Bonchev–Trinajstić information content (AvgIpc) is 3.34. The van der Waals surface area contributed by atoms with Gasteiger partial charge in [-0.1, -0.05) is 59.8 Å². The molecule has 1 aromatic heterocycles. The quantitative estimate of drug-likeness (QED) is 0.260. The van der Waals surface area contributed by atoms with Crippen LogP contribution in [-0.4, -0.2) is 59.1 Å². The molecule has 0 saturated heterocycles. The van der Waals surface area contributed by atoms with Crippen molar-refractivity contribution in [2.24, 2.45) is 0 Å².